The highest BCUT2D eigenvalue weighted by atomic mass is 127. The van der Waals surface area contributed by atoms with E-state index in [1.165, 1.54) is 0 Å². The Morgan fingerprint density at radius 2 is 1.95 bits per heavy atom. The van der Waals surface area contributed by atoms with Crippen LogP contribution in [0.2, 0.25) is 0 Å². The predicted octanol–water partition coefficient (Wildman–Crippen LogP) is 2.85. The molecule has 0 bridgehead atoms. The number of carbonyl (C=O) groups excluding carboxylic acids is 1. The summed E-state index contributed by atoms with van der Waals surface area (Å²) in [5, 5.41) is 0. The molecule has 118 valence electrons. The standard InChI is InChI=1S/C14H26INO4/c1-10(2)18-6-7-19-12-9-16(8-11(12)15)13(17)20-14(3,4)5/h10-12H,6-9H2,1-5H3. The van der Waals surface area contributed by atoms with Crippen molar-refractivity contribution in [2.45, 2.75) is 56.4 Å². The average molecular weight is 399 g/mol. The van der Waals surface area contributed by atoms with E-state index in [0.29, 0.717) is 30.2 Å². The Morgan fingerprint density at radius 1 is 1.30 bits per heavy atom. The molecule has 0 aromatic heterocycles. The molecule has 1 aliphatic rings. The number of hydrogen-bond donors (Lipinski definition) is 0. The predicted molar refractivity (Wildman–Crippen MR) is 86.4 cm³/mol. The first kappa shape index (κ1) is 18.0. The Hall–Kier alpha value is -0.0800. The van der Waals surface area contributed by atoms with E-state index in [4.69, 9.17) is 14.2 Å². The molecule has 20 heavy (non-hydrogen) atoms. The van der Waals surface area contributed by atoms with Crippen LogP contribution in [0.15, 0.2) is 0 Å². The van der Waals surface area contributed by atoms with Crippen molar-refractivity contribution in [1.29, 1.82) is 0 Å². The summed E-state index contributed by atoms with van der Waals surface area (Å²) in [5.41, 5.74) is -0.456. The number of amides is 1. The van der Waals surface area contributed by atoms with Gasteiger partial charge in [-0.15, -0.1) is 0 Å². The van der Waals surface area contributed by atoms with E-state index >= 15 is 0 Å². The number of nitrogens with zero attached hydrogens (tertiary/aromatic N) is 1. The molecular weight excluding hydrogens is 373 g/mol. The van der Waals surface area contributed by atoms with Crippen molar-refractivity contribution in [3.05, 3.63) is 0 Å². The number of hydrogen-bond acceptors (Lipinski definition) is 4. The zero-order chi connectivity index (χ0) is 15.3. The lowest BCUT2D eigenvalue weighted by atomic mass is 10.2. The molecule has 2 unspecified atom stereocenters. The smallest absolute Gasteiger partial charge is 0.410 e. The second kappa shape index (κ2) is 7.79. The summed E-state index contributed by atoms with van der Waals surface area (Å²) in [6, 6.07) is 0. The molecule has 1 fully saturated rings. The van der Waals surface area contributed by atoms with Crippen LogP contribution in [-0.4, -0.2) is 59.0 Å². The van der Waals surface area contributed by atoms with Gasteiger partial charge in [-0.05, 0) is 34.6 Å². The highest BCUT2D eigenvalue weighted by Crippen LogP contribution is 2.23. The Bertz CT molecular complexity index is 317. The molecule has 0 aliphatic carbocycles. The molecule has 0 aromatic carbocycles. The Morgan fingerprint density at radius 3 is 2.50 bits per heavy atom. The van der Waals surface area contributed by atoms with Crippen molar-refractivity contribution in [3.63, 3.8) is 0 Å². The first-order valence-corrected chi connectivity index (χ1v) is 8.29. The van der Waals surface area contributed by atoms with E-state index in [-0.39, 0.29) is 18.3 Å². The van der Waals surface area contributed by atoms with Gasteiger partial charge in [0.25, 0.3) is 0 Å². The number of ether oxygens (including phenoxy) is 3. The van der Waals surface area contributed by atoms with Crippen LogP contribution < -0.4 is 0 Å². The van der Waals surface area contributed by atoms with Gasteiger partial charge in [0.2, 0.25) is 0 Å². The normalized spacial score (nSPS) is 23.4. The van der Waals surface area contributed by atoms with Crippen LogP contribution in [0.1, 0.15) is 34.6 Å². The lowest BCUT2D eigenvalue weighted by molar-refractivity contribution is -0.00957. The lowest BCUT2D eigenvalue weighted by Crippen LogP contribution is -2.36. The molecule has 0 radical (unpaired) electrons. The third-order valence-corrected chi connectivity index (χ3v) is 3.91. The van der Waals surface area contributed by atoms with Crippen LogP contribution in [0.5, 0.6) is 0 Å². The third kappa shape index (κ3) is 6.58. The molecule has 1 aliphatic heterocycles. The van der Waals surface area contributed by atoms with Gasteiger partial charge in [-0.3, -0.25) is 0 Å². The monoisotopic (exact) mass is 399 g/mol. The van der Waals surface area contributed by atoms with Crippen LogP contribution in [-0.2, 0) is 14.2 Å². The van der Waals surface area contributed by atoms with Gasteiger partial charge in [-0.25, -0.2) is 4.79 Å². The van der Waals surface area contributed by atoms with Gasteiger partial charge in [-0.2, -0.15) is 0 Å². The lowest BCUT2D eigenvalue weighted by Gasteiger charge is -2.24. The number of rotatable bonds is 5. The number of alkyl halides is 1. The van der Waals surface area contributed by atoms with Crippen LogP contribution >= 0.6 is 22.6 Å². The molecule has 0 spiro atoms. The van der Waals surface area contributed by atoms with Gasteiger partial charge in [0.1, 0.15) is 5.60 Å². The van der Waals surface area contributed by atoms with Crippen molar-refractivity contribution in [3.8, 4) is 0 Å². The molecule has 0 saturated carbocycles. The van der Waals surface area contributed by atoms with Gasteiger partial charge in [0.05, 0.1) is 35.9 Å². The summed E-state index contributed by atoms with van der Waals surface area (Å²) < 4.78 is 16.9. The van der Waals surface area contributed by atoms with E-state index in [0.717, 1.165) is 0 Å². The van der Waals surface area contributed by atoms with Crippen molar-refractivity contribution < 1.29 is 19.0 Å². The summed E-state index contributed by atoms with van der Waals surface area (Å²) in [4.78, 5) is 13.7. The zero-order valence-electron chi connectivity index (χ0n) is 13.0. The van der Waals surface area contributed by atoms with Crippen LogP contribution in [0.3, 0.4) is 0 Å². The molecular formula is C14H26INO4. The fourth-order valence-electron chi connectivity index (χ4n) is 1.85. The largest absolute Gasteiger partial charge is 0.444 e. The molecule has 5 nitrogen and oxygen atoms in total. The van der Waals surface area contributed by atoms with Crippen molar-refractivity contribution in [2.24, 2.45) is 0 Å². The second-order valence-corrected chi connectivity index (χ2v) is 7.83. The molecule has 1 amide bonds. The minimum atomic E-state index is -0.456. The molecule has 1 heterocycles. The molecule has 6 heteroatoms. The summed E-state index contributed by atoms with van der Waals surface area (Å²) in [7, 11) is 0. The molecule has 0 N–H and O–H groups in total. The molecule has 1 saturated heterocycles. The fraction of sp³-hybridized carbons (Fsp3) is 0.929. The van der Waals surface area contributed by atoms with E-state index in [1.54, 1.807) is 4.90 Å². The first-order chi connectivity index (χ1) is 9.19. The van der Waals surface area contributed by atoms with Gasteiger partial charge in [0, 0.05) is 6.54 Å². The Kier molecular flexibility index (Phi) is 7.00. The molecule has 1 rings (SSSR count). The highest BCUT2D eigenvalue weighted by Gasteiger charge is 2.36. The van der Waals surface area contributed by atoms with Crippen LogP contribution in [0.4, 0.5) is 4.79 Å². The fourth-order valence-corrected chi connectivity index (χ4v) is 2.76. The topological polar surface area (TPSA) is 48.0 Å². The summed E-state index contributed by atoms with van der Waals surface area (Å²) in [5.74, 6) is 0. The maximum atomic E-state index is 12.0. The SMILES string of the molecule is CC(C)OCCOC1CN(C(=O)OC(C)(C)C)CC1I. The summed E-state index contributed by atoms with van der Waals surface area (Å²) >= 11 is 2.33. The number of carbonyl (C=O) groups is 1. The van der Waals surface area contributed by atoms with Gasteiger partial charge < -0.3 is 19.1 Å². The minimum absolute atomic E-state index is 0.0545. The van der Waals surface area contributed by atoms with E-state index in [9.17, 15) is 4.79 Å². The minimum Gasteiger partial charge on any atom is -0.444 e. The average Bonchev–Trinajstić information content (AvgIpc) is 2.64. The van der Waals surface area contributed by atoms with Crippen LogP contribution in [0, 0.1) is 0 Å². The summed E-state index contributed by atoms with van der Waals surface area (Å²) in [6.45, 7) is 12.0. The zero-order valence-corrected chi connectivity index (χ0v) is 15.2. The van der Waals surface area contributed by atoms with E-state index in [1.807, 2.05) is 34.6 Å². The van der Waals surface area contributed by atoms with Gasteiger partial charge in [-0.1, -0.05) is 22.6 Å². The number of likely N-dealkylation sites (tertiary alicyclic amines) is 1. The summed E-state index contributed by atoms with van der Waals surface area (Å²) in [6.07, 6.45) is 0.0124. The van der Waals surface area contributed by atoms with Crippen LogP contribution in [0.25, 0.3) is 0 Å². The molecule has 2 atom stereocenters. The second-order valence-electron chi connectivity index (χ2n) is 6.23. The quantitative estimate of drug-likeness (QED) is 0.405. The van der Waals surface area contributed by atoms with Crippen molar-refractivity contribution in [2.75, 3.05) is 26.3 Å². The highest BCUT2D eigenvalue weighted by molar-refractivity contribution is 14.1. The van der Waals surface area contributed by atoms with E-state index in [2.05, 4.69) is 22.6 Å². The Labute approximate surface area is 135 Å². The van der Waals surface area contributed by atoms with Gasteiger partial charge >= 0.3 is 6.09 Å². The Balaban J connectivity index is 2.33. The van der Waals surface area contributed by atoms with Gasteiger partial charge in [0.15, 0.2) is 0 Å². The van der Waals surface area contributed by atoms with Crippen molar-refractivity contribution in [1.82, 2.24) is 4.90 Å². The molecule has 0 aromatic rings. The number of halogens is 1. The maximum Gasteiger partial charge on any atom is 0.410 e. The van der Waals surface area contributed by atoms with Crippen molar-refractivity contribution >= 4 is 28.7 Å². The first-order valence-electron chi connectivity index (χ1n) is 7.04. The van der Waals surface area contributed by atoms with E-state index < -0.39 is 5.60 Å². The third-order valence-electron chi connectivity index (χ3n) is 2.72. The maximum absolute atomic E-state index is 12.0.